The van der Waals surface area contributed by atoms with E-state index in [1.807, 2.05) is 13.8 Å². The van der Waals surface area contributed by atoms with Crippen molar-refractivity contribution in [1.29, 1.82) is 0 Å². The van der Waals surface area contributed by atoms with Crippen LogP contribution in [-0.2, 0) is 9.47 Å². The predicted molar refractivity (Wildman–Crippen MR) is 40.2 cm³/mol. The van der Waals surface area contributed by atoms with Gasteiger partial charge in [-0.3, -0.25) is 0 Å². The molecular formula is C8H12O3. The number of carbonyl (C=O) groups is 1. The summed E-state index contributed by atoms with van der Waals surface area (Å²) >= 11 is 0. The lowest BCUT2D eigenvalue weighted by molar-refractivity contribution is -0.0372. The second-order valence-electron chi connectivity index (χ2n) is 3.17. The van der Waals surface area contributed by atoms with Crippen LogP contribution in [0.4, 0.5) is 4.79 Å². The zero-order valence-corrected chi connectivity index (χ0v) is 6.85. The largest absolute Gasteiger partial charge is 0.508 e. The molecule has 0 aliphatic carbocycles. The molecule has 1 fully saturated rings. The van der Waals surface area contributed by atoms with Crippen LogP contribution in [0.5, 0.6) is 0 Å². The highest BCUT2D eigenvalue weighted by molar-refractivity contribution is 5.60. The summed E-state index contributed by atoms with van der Waals surface area (Å²) in [5.74, 6) is 0. The minimum absolute atomic E-state index is 0.200. The lowest BCUT2D eigenvalue weighted by Gasteiger charge is -2.32. The van der Waals surface area contributed by atoms with Crippen molar-refractivity contribution in [1.82, 2.24) is 0 Å². The van der Waals surface area contributed by atoms with Gasteiger partial charge in [-0.2, -0.15) is 0 Å². The van der Waals surface area contributed by atoms with E-state index in [9.17, 15) is 4.79 Å². The molecule has 0 N–H and O–H groups in total. The Morgan fingerprint density at radius 3 is 2.36 bits per heavy atom. The normalized spacial score (nSPS) is 21.8. The van der Waals surface area contributed by atoms with Gasteiger partial charge in [-0.1, -0.05) is 12.2 Å². The van der Waals surface area contributed by atoms with E-state index in [1.54, 1.807) is 0 Å². The summed E-state index contributed by atoms with van der Waals surface area (Å²) in [6.45, 7) is 8.42. The maximum absolute atomic E-state index is 10.5. The van der Waals surface area contributed by atoms with Gasteiger partial charge in [0.1, 0.15) is 13.2 Å². The molecule has 0 aromatic carbocycles. The number of carbonyl (C=O) groups excluding carboxylic acids is 1. The molecule has 0 unspecified atom stereocenters. The van der Waals surface area contributed by atoms with Crippen LogP contribution in [-0.4, -0.2) is 19.4 Å². The first-order chi connectivity index (χ1) is 5.04. The predicted octanol–water partition coefficient (Wildman–Crippen LogP) is 1.74. The molecule has 0 radical (unpaired) electrons. The zero-order chi connectivity index (χ0) is 8.48. The van der Waals surface area contributed by atoms with Crippen molar-refractivity contribution in [2.24, 2.45) is 5.41 Å². The lowest BCUT2D eigenvalue weighted by atomic mass is 9.85. The summed E-state index contributed by atoms with van der Waals surface area (Å²) in [4.78, 5) is 10.5. The number of hydrogen-bond acceptors (Lipinski definition) is 3. The standard InChI is InChI=1S/C8H12O3/c1-6(2)8(3)4-10-7(9)11-5-8/h1,4-5H2,2-3H3. The molecule has 0 spiro atoms. The molecule has 0 amide bonds. The van der Waals surface area contributed by atoms with Gasteiger partial charge in [0.05, 0.1) is 5.41 Å². The van der Waals surface area contributed by atoms with Gasteiger partial charge in [0.15, 0.2) is 0 Å². The Morgan fingerprint density at radius 1 is 1.55 bits per heavy atom. The fourth-order valence-corrected chi connectivity index (χ4v) is 0.766. The monoisotopic (exact) mass is 156 g/mol. The van der Waals surface area contributed by atoms with Crippen LogP contribution in [0.25, 0.3) is 0 Å². The Kier molecular flexibility index (Phi) is 1.89. The lowest BCUT2D eigenvalue weighted by Crippen LogP contribution is -2.37. The molecule has 1 aliphatic rings. The van der Waals surface area contributed by atoms with Gasteiger partial charge in [0.25, 0.3) is 0 Å². The number of rotatable bonds is 1. The molecule has 1 saturated heterocycles. The Labute approximate surface area is 66.0 Å². The molecule has 3 heteroatoms. The average Bonchev–Trinajstić information content (AvgIpc) is 1.95. The molecule has 0 aromatic rings. The van der Waals surface area contributed by atoms with Crippen molar-refractivity contribution in [2.45, 2.75) is 13.8 Å². The molecule has 11 heavy (non-hydrogen) atoms. The molecule has 0 atom stereocenters. The minimum Gasteiger partial charge on any atom is -0.433 e. The third-order valence-corrected chi connectivity index (χ3v) is 2.05. The van der Waals surface area contributed by atoms with Gasteiger partial charge in [-0.05, 0) is 13.8 Å². The van der Waals surface area contributed by atoms with Crippen LogP contribution < -0.4 is 0 Å². The highest BCUT2D eigenvalue weighted by atomic mass is 16.7. The highest BCUT2D eigenvalue weighted by Gasteiger charge is 2.33. The smallest absolute Gasteiger partial charge is 0.433 e. The second-order valence-corrected chi connectivity index (χ2v) is 3.17. The number of ether oxygens (including phenoxy) is 2. The third kappa shape index (κ3) is 1.53. The Morgan fingerprint density at radius 2 is 2.00 bits per heavy atom. The van der Waals surface area contributed by atoms with Crippen molar-refractivity contribution in [2.75, 3.05) is 13.2 Å². The van der Waals surface area contributed by atoms with E-state index in [1.165, 1.54) is 0 Å². The first kappa shape index (κ1) is 8.11. The molecule has 0 bridgehead atoms. The third-order valence-electron chi connectivity index (χ3n) is 2.05. The summed E-state index contributed by atoms with van der Waals surface area (Å²) in [5.41, 5.74) is 0.776. The molecule has 3 nitrogen and oxygen atoms in total. The highest BCUT2D eigenvalue weighted by Crippen LogP contribution is 2.29. The fraction of sp³-hybridized carbons (Fsp3) is 0.625. The summed E-state index contributed by atoms with van der Waals surface area (Å²) in [6.07, 6.45) is -0.580. The van der Waals surface area contributed by atoms with Crippen LogP contribution in [0.2, 0.25) is 0 Å². The van der Waals surface area contributed by atoms with E-state index in [2.05, 4.69) is 6.58 Å². The van der Waals surface area contributed by atoms with Gasteiger partial charge >= 0.3 is 6.16 Å². The van der Waals surface area contributed by atoms with Gasteiger partial charge < -0.3 is 9.47 Å². The van der Waals surface area contributed by atoms with Gasteiger partial charge in [-0.15, -0.1) is 0 Å². The van der Waals surface area contributed by atoms with Crippen molar-refractivity contribution >= 4 is 6.16 Å². The molecule has 1 aliphatic heterocycles. The van der Waals surface area contributed by atoms with Crippen LogP contribution in [0.15, 0.2) is 12.2 Å². The van der Waals surface area contributed by atoms with Crippen LogP contribution >= 0.6 is 0 Å². The number of cyclic esters (lactones) is 2. The molecule has 62 valence electrons. The maximum atomic E-state index is 10.5. The van der Waals surface area contributed by atoms with E-state index >= 15 is 0 Å². The van der Waals surface area contributed by atoms with Crippen molar-refractivity contribution in [3.63, 3.8) is 0 Å². The SMILES string of the molecule is C=C(C)C1(C)COC(=O)OC1. The topological polar surface area (TPSA) is 35.5 Å². The van der Waals surface area contributed by atoms with Crippen LogP contribution in [0.3, 0.4) is 0 Å². The Balaban J connectivity index is 2.62. The summed E-state index contributed by atoms with van der Waals surface area (Å²) in [5, 5.41) is 0. The van der Waals surface area contributed by atoms with Gasteiger partial charge in [0, 0.05) is 0 Å². The maximum Gasteiger partial charge on any atom is 0.508 e. The summed E-state index contributed by atoms with van der Waals surface area (Å²) in [6, 6.07) is 0. The fourth-order valence-electron chi connectivity index (χ4n) is 0.766. The molecular weight excluding hydrogens is 144 g/mol. The molecule has 1 heterocycles. The molecule has 0 aromatic heterocycles. The van der Waals surface area contributed by atoms with E-state index in [0.29, 0.717) is 13.2 Å². The quantitative estimate of drug-likeness (QED) is 0.428. The number of hydrogen-bond donors (Lipinski definition) is 0. The van der Waals surface area contributed by atoms with Gasteiger partial charge in [-0.25, -0.2) is 4.79 Å². The second kappa shape index (κ2) is 2.57. The van der Waals surface area contributed by atoms with E-state index in [-0.39, 0.29) is 5.41 Å². The average molecular weight is 156 g/mol. The Bertz CT molecular complexity index is 186. The van der Waals surface area contributed by atoms with Crippen LogP contribution in [0, 0.1) is 5.41 Å². The van der Waals surface area contributed by atoms with E-state index in [4.69, 9.17) is 9.47 Å². The van der Waals surface area contributed by atoms with Crippen molar-refractivity contribution in [3.05, 3.63) is 12.2 Å². The van der Waals surface area contributed by atoms with Crippen molar-refractivity contribution in [3.8, 4) is 0 Å². The summed E-state index contributed by atoms with van der Waals surface area (Å²) in [7, 11) is 0. The van der Waals surface area contributed by atoms with Crippen molar-refractivity contribution < 1.29 is 14.3 Å². The Hall–Kier alpha value is -0.990. The van der Waals surface area contributed by atoms with E-state index in [0.717, 1.165) is 5.57 Å². The summed E-state index contributed by atoms with van der Waals surface area (Å²) < 4.78 is 9.47. The van der Waals surface area contributed by atoms with Gasteiger partial charge in [0.2, 0.25) is 0 Å². The zero-order valence-electron chi connectivity index (χ0n) is 6.85. The van der Waals surface area contributed by atoms with Crippen LogP contribution in [0.1, 0.15) is 13.8 Å². The molecule has 0 saturated carbocycles. The van der Waals surface area contributed by atoms with E-state index < -0.39 is 6.16 Å². The minimum atomic E-state index is -0.580. The first-order valence-corrected chi connectivity index (χ1v) is 3.50. The first-order valence-electron chi connectivity index (χ1n) is 3.50. The molecule has 1 rings (SSSR count).